The number of rotatable bonds is 5. The molecule has 28 heavy (non-hydrogen) atoms. The van der Waals surface area contributed by atoms with E-state index in [2.05, 4.69) is 4.57 Å². The third-order valence-corrected chi connectivity index (χ3v) is 4.83. The van der Waals surface area contributed by atoms with Crippen LogP contribution in [0.3, 0.4) is 0 Å². The van der Waals surface area contributed by atoms with Crippen LogP contribution in [0.2, 0.25) is 0 Å². The number of hydrogen-bond donors (Lipinski definition) is 0. The van der Waals surface area contributed by atoms with Crippen LogP contribution in [-0.4, -0.2) is 24.8 Å². The van der Waals surface area contributed by atoms with Gasteiger partial charge in [0, 0.05) is 30.1 Å². The Morgan fingerprint density at radius 2 is 1.79 bits per heavy atom. The second-order valence-corrected chi connectivity index (χ2v) is 6.54. The van der Waals surface area contributed by atoms with Crippen molar-refractivity contribution in [1.29, 1.82) is 0 Å². The van der Waals surface area contributed by atoms with E-state index in [9.17, 15) is 4.79 Å². The number of carbonyl (C=O) groups excluding carboxylic acids is 1. The summed E-state index contributed by atoms with van der Waals surface area (Å²) in [5.74, 6) is 0.918. The van der Waals surface area contributed by atoms with E-state index < -0.39 is 0 Å². The molecule has 0 atom stereocenters. The number of nitrogens with zero attached hydrogens (tertiary/aromatic N) is 1. The first-order valence-electron chi connectivity index (χ1n) is 9.02. The predicted octanol–water partition coefficient (Wildman–Crippen LogP) is 4.04. The molecule has 0 fully saturated rings. The van der Waals surface area contributed by atoms with E-state index in [0.717, 1.165) is 28.0 Å². The van der Waals surface area contributed by atoms with Gasteiger partial charge in [-0.25, -0.2) is 4.79 Å². The molecule has 0 N–H and O–H groups in total. The lowest BCUT2D eigenvalue weighted by atomic mass is 9.93. The molecular formula is C23H21NO4. The third-order valence-electron chi connectivity index (χ3n) is 4.83. The Kier molecular flexibility index (Phi) is 4.89. The number of aromatic nitrogens is 1. The number of methoxy groups -OCH3 is 2. The number of fused-ring (bicyclic) bond motifs is 2. The van der Waals surface area contributed by atoms with E-state index in [1.54, 1.807) is 20.3 Å². The lowest BCUT2D eigenvalue weighted by molar-refractivity contribution is -0.138. The van der Waals surface area contributed by atoms with Gasteiger partial charge in [0.15, 0.2) is 11.5 Å². The lowest BCUT2D eigenvalue weighted by Gasteiger charge is -2.24. The smallest absolute Gasteiger partial charge is 0.331 e. The van der Waals surface area contributed by atoms with Crippen LogP contribution in [0.15, 0.2) is 66.9 Å². The van der Waals surface area contributed by atoms with Gasteiger partial charge in [-0.15, -0.1) is 0 Å². The summed E-state index contributed by atoms with van der Waals surface area (Å²) in [5, 5.41) is 0. The van der Waals surface area contributed by atoms with Crippen molar-refractivity contribution in [3.63, 3.8) is 0 Å². The average Bonchev–Trinajstić information content (AvgIpc) is 3.20. The van der Waals surface area contributed by atoms with Crippen molar-refractivity contribution in [1.82, 2.24) is 4.57 Å². The Bertz CT molecular complexity index is 1030. The van der Waals surface area contributed by atoms with E-state index in [0.29, 0.717) is 18.0 Å². The Morgan fingerprint density at radius 1 is 1.04 bits per heavy atom. The highest BCUT2D eigenvalue weighted by Gasteiger charge is 2.23. The number of hydrogen-bond acceptors (Lipinski definition) is 4. The standard InChI is InChI=1S/C23H21NO4/c1-26-21-11-17-14-24-10-6-9-20(24)19(18(17)12-22(21)27-2)13-23(25)28-15-16-7-4-3-5-8-16/h3-13H,14-15H2,1-2H3/b19-13-. The monoisotopic (exact) mass is 375 g/mol. The van der Waals surface area contributed by atoms with Gasteiger partial charge in [0.25, 0.3) is 0 Å². The van der Waals surface area contributed by atoms with E-state index >= 15 is 0 Å². The minimum absolute atomic E-state index is 0.239. The molecule has 5 nitrogen and oxygen atoms in total. The first-order chi connectivity index (χ1) is 13.7. The van der Waals surface area contributed by atoms with Crippen molar-refractivity contribution in [2.24, 2.45) is 0 Å². The topological polar surface area (TPSA) is 49.7 Å². The molecule has 0 amide bonds. The quantitative estimate of drug-likeness (QED) is 0.390. The average molecular weight is 375 g/mol. The zero-order valence-electron chi connectivity index (χ0n) is 15.8. The molecule has 0 saturated carbocycles. The van der Waals surface area contributed by atoms with E-state index in [1.165, 1.54) is 0 Å². The SMILES string of the molecule is COc1cc2c(cc1OC)/C(=C/C(=O)OCc1ccccc1)c1cccn1C2. The van der Waals surface area contributed by atoms with Crippen LogP contribution in [0.1, 0.15) is 22.4 Å². The van der Waals surface area contributed by atoms with E-state index in [1.807, 2.05) is 60.8 Å². The van der Waals surface area contributed by atoms with Gasteiger partial charge in [-0.3, -0.25) is 0 Å². The van der Waals surface area contributed by atoms with Gasteiger partial charge >= 0.3 is 5.97 Å². The summed E-state index contributed by atoms with van der Waals surface area (Å²) in [5.41, 5.74) is 4.73. The van der Waals surface area contributed by atoms with E-state index in [4.69, 9.17) is 14.2 Å². The molecule has 1 aromatic heterocycles. The minimum Gasteiger partial charge on any atom is -0.493 e. The molecule has 0 saturated heterocycles. The van der Waals surface area contributed by atoms with Crippen molar-refractivity contribution >= 4 is 11.5 Å². The van der Waals surface area contributed by atoms with E-state index in [-0.39, 0.29) is 12.6 Å². The zero-order valence-corrected chi connectivity index (χ0v) is 15.8. The molecule has 2 heterocycles. The summed E-state index contributed by atoms with van der Waals surface area (Å²) in [6.07, 6.45) is 3.55. The van der Waals surface area contributed by atoms with Crippen molar-refractivity contribution in [2.75, 3.05) is 14.2 Å². The van der Waals surface area contributed by atoms with Crippen molar-refractivity contribution in [3.8, 4) is 11.5 Å². The second kappa shape index (κ2) is 7.64. The Morgan fingerprint density at radius 3 is 2.54 bits per heavy atom. The fourth-order valence-corrected chi connectivity index (χ4v) is 3.46. The third kappa shape index (κ3) is 3.39. The molecule has 0 spiro atoms. The summed E-state index contributed by atoms with van der Waals surface area (Å²) in [6, 6.07) is 17.5. The van der Waals surface area contributed by atoms with Crippen LogP contribution in [-0.2, 0) is 22.7 Å². The van der Waals surface area contributed by atoms with Gasteiger partial charge in [0.2, 0.25) is 0 Å². The fraction of sp³-hybridized carbons (Fsp3) is 0.174. The summed E-state index contributed by atoms with van der Waals surface area (Å²) < 4.78 is 18.4. The lowest BCUT2D eigenvalue weighted by Crippen LogP contribution is -2.14. The minimum atomic E-state index is -0.380. The molecule has 0 radical (unpaired) electrons. The molecule has 142 valence electrons. The number of esters is 1. The van der Waals surface area contributed by atoms with Gasteiger partial charge < -0.3 is 18.8 Å². The highest BCUT2D eigenvalue weighted by molar-refractivity contribution is 5.97. The van der Waals surface area contributed by atoms with Gasteiger partial charge in [-0.05, 0) is 41.0 Å². The van der Waals surface area contributed by atoms with Gasteiger partial charge in [-0.2, -0.15) is 0 Å². The number of carbonyl (C=O) groups is 1. The molecule has 4 rings (SSSR count). The van der Waals surface area contributed by atoms with Crippen LogP contribution < -0.4 is 9.47 Å². The van der Waals surface area contributed by atoms with Crippen LogP contribution in [0.5, 0.6) is 11.5 Å². The van der Waals surface area contributed by atoms with Crippen LogP contribution in [0.25, 0.3) is 5.57 Å². The van der Waals surface area contributed by atoms with Gasteiger partial charge in [0.1, 0.15) is 6.61 Å². The summed E-state index contributed by atoms with van der Waals surface area (Å²) >= 11 is 0. The fourth-order valence-electron chi connectivity index (χ4n) is 3.46. The Balaban J connectivity index is 1.69. The van der Waals surface area contributed by atoms with Crippen molar-refractivity contribution < 1.29 is 19.0 Å². The molecular weight excluding hydrogens is 354 g/mol. The van der Waals surface area contributed by atoms with Crippen LogP contribution in [0.4, 0.5) is 0 Å². The van der Waals surface area contributed by atoms with Gasteiger partial charge in [-0.1, -0.05) is 30.3 Å². The Hall–Kier alpha value is -3.47. The maximum atomic E-state index is 12.5. The highest BCUT2D eigenvalue weighted by atomic mass is 16.5. The predicted molar refractivity (Wildman–Crippen MR) is 106 cm³/mol. The Labute approximate surface area is 163 Å². The normalized spacial score (nSPS) is 13.6. The second-order valence-electron chi connectivity index (χ2n) is 6.54. The van der Waals surface area contributed by atoms with Crippen LogP contribution >= 0.6 is 0 Å². The maximum absolute atomic E-state index is 12.5. The summed E-state index contributed by atoms with van der Waals surface area (Å²) in [6.45, 7) is 0.942. The largest absolute Gasteiger partial charge is 0.493 e. The molecule has 0 bridgehead atoms. The zero-order chi connectivity index (χ0) is 19.5. The first-order valence-corrected chi connectivity index (χ1v) is 9.02. The summed E-state index contributed by atoms with van der Waals surface area (Å²) in [4.78, 5) is 12.5. The molecule has 2 aromatic carbocycles. The molecule has 0 aliphatic carbocycles. The molecule has 0 unspecified atom stereocenters. The maximum Gasteiger partial charge on any atom is 0.331 e. The molecule has 3 aromatic rings. The molecule has 1 aliphatic heterocycles. The summed E-state index contributed by atoms with van der Waals surface area (Å²) in [7, 11) is 3.22. The molecule has 1 aliphatic rings. The first kappa shape index (κ1) is 17.9. The number of ether oxygens (including phenoxy) is 3. The van der Waals surface area contributed by atoms with Crippen molar-refractivity contribution in [3.05, 3.63) is 89.3 Å². The molecule has 5 heteroatoms. The highest BCUT2D eigenvalue weighted by Crippen LogP contribution is 2.39. The number of benzene rings is 2. The van der Waals surface area contributed by atoms with Crippen molar-refractivity contribution in [2.45, 2.75) is 13.2 Å². The van der Waals surface area contributed by atoms with Crippen LogP contribution in [0, 0.1) is 0 Å². The van der Waals surface area contributed by atoms with Gasteiger partial charge in [0.05, 0.1) is 14.2 Å².